The van der Waals surface area contributed by atoms with Crippen LogP contribution in [0.2, 0.25) is 0 Å². The Morgan fingerprint density at radius 2 is 0.985 bits per heavy atom. The largest absolute Gasteiger partial charge is 1.00 e. The summed E-state index contributed by atoms with van der Waals surface area (Å²) in [6.45, 7) is 35.1. The second kappa shape index (κ2) is 29.0. The van der Waals surface area contributed by atoms with E-state index in [4.69, 9.17) is 4.74 Å². The quantitative estimate of drug-likeness (QED) is 0.109. The van der Waals surface area contributed by atoms with E-state index in [0.29, 0.717) is 12.2 Å². The van der Waals surface area contributed by atoms with Gasteiger partial charge in [-0.3, -0.25) is 29.0 Å². The Morgan fingerprint density at radius 3 is 1.26 bits per heavy atom. The van der Waals surface area contributed by atoms with Gasteiger partial charge in [0.25, 0.3) is 0 Å². The van der Waals surface area contributed by atoms with E-state index >= 15 is 0 Å². The number of hydrogen-bond acceptors (Lipinski definition) is 10. The molecule has 0 aromatic rings. The normalized spacial score (nSPS) is 19.6. The predicted octanol–water partition coefficient (Wildman–Crippen LogP) is 3.89. The van der Waals surface area contributed by atoms with E-state index in [0.717, 1.165) is 51.6 Å². The standard InChI is InChI=1S/C26H47N3O4.C24H43N3O4.Li.H2O/c1-11-33-25(32)19(6)16-21(17(2)3)28(10)24(31)22(26(7,8)9)27-23(30)20-14-12-13-15-29(20)18(4)5;1-15(2)19(14-17(5)23(30)31)26(9)22(29)20(24(6,7)8)25-21(28)18-12-10-11-13-27(18)16(3)4;;/h16-18,20-22H,11-15H2,1-10H3,(H,27,30);14-16,18-20H,10-13H2,1-9H3,(H,25,28)(H,30,31);;1H2/q;;+1;/p-1/b19-16+;17-14+;;/t20?,21-,22-;18?,19-,20-;;/m11../s1. The molecule has 2 fully saturated rings. The molecule has 2 rings (SSSR count). The van der Waals surface area contributed by atoms with Crippen LogP contribution in [-0.2, 0) is 33.5 Å². The van der Waals surface area contributed by atoms with E-state index in [2.05, 4.69) is 48.1 Å². The zero-order valence-electron chi connectivity index (χ0n) is 44.8. The molecule has 2 unspecified atom stereocenters. The van der Waals surface area contributed by atoms with Crippen molar-refractivity contribution in [1.82, 2.24) is 30.2 Å². The number of carbonyl (C=O) groups is 6. The van der Waals surface area contributed by atoms with Crippen LogP contribution in [0, 0.1) is 22.7 Å². The SMILES string of the molecule is C/C(=C\[C@H](C(C)C)N(C)C(=O)[C@@H](NC(=O)C1CCCCN1C(C)C)C(C)(C)C)C(=O)O.CCOC(=O)/C(C)=C/[C@H](C(C)C)N(C)C(=O)[C@@H](NC(=O)C1CCCCN1C(C)C)C(C)(C)C.[Li+].[OH-]. The minimum absolute atomic E-state index is 0. The molecule has 16 heteroatoms. The number of carboxylic acids is 1. The number of esters is 1. The fourth-order valence-electron chi connectivity index (χ4n) is 8.58. The molecule has 0 aliphatic carbocycles. The summed E-state index contributed by atoms with van der Waals surface area (Å²) in [4.78, 5) is 85.0. The third-order valence-electron chi connectivity index (χ3n) is 12.6. The van der Waals surface area contributed by atoms with Crippen molar-refractivity contribution in [3.05, 3.63) is 23.3 Å². The predicted molar refractivity (Wildman–Crippen MR) is 258 cm³/mol. The molecule has 376 valence electrons. The molecule has 0 spiro atoms. The molecule has 0 saturated carbocycles. The van der Waals surface area contributed by atoms with Gasteiger partial charge in [0.05, 0.1) is 30.8 Å². The summed E-state index contributed by atoms with van der Waals surface area (Å²) in [5, 5.41) is 15.4. The molecule has 4 N–H and O–H groups in total. The number of piperidine rings is 2. The molecule has 0 aromatic carbocycles. The number of aliphatic carboxylic acids is 1. The molecule has 66 heavy (non-hydrogen) atoms. The van der Waals surface area contributed by atoms with Crippen molar-refractivity contribution in [1.29, 1.82) is 0 Å². The molecule has 0 aromatic heterocycles. The monoisotopic (exact) mass is 927 g/mol. The molecule has 0 radical (unpaired) electrons. The van der Waals surface area contributed by atoms with Crippen LogP contribution in [0.25, 0.3) is 0 Å². The smallest absolute Gasteiger partial charge is 0.870 e. The van der Waals surface area contributed by atoms with E-state index < -0.39 is 28.9 Å². The van der Waals surface area contributed by atoms with E-state index in [1.54, 1.807) is 49.9 Å². The number of hydrogen-bond donors (Lipinski definition) is 3. The molecule has 4 amide bonds. The van der Waals surface area contributed by atoms with E-state index in [1.807, 2.05) is 69.2 Å². The van der Waals surface area contributed by atoms with Crippen LogP contribution in [0.15, 0.2) is 23.3 Å². The third-order valence-corrected chi connectivity index (χ3v) is 12.6. The maximum absolute atomic E-state index is 13.7. The van der Waals surface area contributed by atoms with Crippen molar-refractivity contribution in [2.45, 2.75) is 205 Å². The fraction of sp³-hybridized carbons (Fsp3) is 0.800. The summed E-state index contributed by atoms with van der Waals surface area (Å²) in [5.74, 6) is -1.83. The Bertz CT molecular complexity index is 1630. The van der Waals surface area contributed by atoms with Crippen LogP contribution in [0.4, 0.5) is 0 Å². The maximum Gasteiger partial charge on any atom is 1.00 e. The molecular formula is C50H91LiN6O9. The van der Waals surface area contributed by atoms with Gasteiger partial charge in [0.2, 0.25) is 23.6 Å². The van der Waals surface area contributed by atoms with Crippen LogP contribution in [0.5, 0.6) is 0 Å². The minimum Gasteiger partial charge on any atom is -0.870 e. The van der Waals surface area contributed by atoms with Crippen LogP contribution in [0.3, 0.4) is 0 Å². The van der Waals surface area contributed by atoms with E-state index in [-0.39, 0.29) is 108 Å². The summed E-state index contributed by atoms with van der Waals surface area (Å²) < 4.78 is 5.10. The van der Waals surface area contributed by atoms with Crippen molar-refractivity contribution >= 4 is 35.6 Å². The van der Waals surface area contributed by atoms with Crippen LogP contribution in [0.1, 0.15) is 156 Å². The van der Waals surface area contributed by atoms with Gasteiger partial charge in [0.15, 0.2) is 0 Å². The number of likely N-dealkylation sites (N-methyl/N-ethyl adjacent to an activating group) is 2. The Balaban J connectivity index is 0. The second-order valence-electron chi connectivity index (χ2n) is 21.4. The summed E-state index contributed by atoms with van der Waals surface area (Å²) in [6, 6.07) is -1.98. The first-order chi connectivity index (χ1) is 29.4. The Labute approximate surface area is 411 Å². The van der Waals surface area contributed by atoms with E-state index in [9.17, 15) is 33.9 Å². The summed E-state index contributed by atoms with van der Waals surface area (Å²) >= 11 is 0. The van der Waals surface area contributed by atoms with Crippen LogP contribution in [-0.4, -0.2) is 148 Å². The average Bonchev–Trinajstić information content (AvgIpc) is 3.20. The fourth-order valence-corrected chi connectivity index (χ4v) is 8.58. The first-order valence-electron chi connectivity index (χ1n) is 23.8. The van der Waals surface area contributed by atoms with Gasteiger partial charge in [0, 0.05) is 37.3 Å². The topological polar surface area (TPSA) is 199 Å². The molecule has 2 aliphatic rings. The van der Waals surface area contributed by atoms with Gasteiger partial charge < -0.3 is 35.8 Å². The second-order valence-corrected chi connectivity index (χ2v) is 21.4. The number of amides is 4. The van der Waals surface area contributed by atoms with Gasteiger partial charge in [-0.05, 0) is 110 Å². The van der Waals surface area contributed by atoms with Gasteiger partial charge >= 0.3 is 30.8 Å². The van der Waals surface area contributed by atoms with Gasteiger partial charge in [-0.1, -0.05) is 94.2 Å². The van der Waals surface area contributed by atoms with Crippen molar-refractivity contribution in [2.75, 3.05) is 33.8 Å². The number of ether oxygens (including phenoxy) is 1. The van der Waals surface area contributed by atoms with Crippen molar-refractivity contribution in [3.8, 4) is 0 Å². The van der Waals surface area contributed by atoms with E-state index in [1.165, 1.54) is 6.92 Å². The molecule has 2 heterocycles. The number of nitrogens with zero attached hydrogens (tertiary/aromatic N) is 4. The molecule has 0 bridgehead atoms. The van der Waals surface area contributed by atoms with Crippen molar-refractivity contribution < 1.29 is 62.9 Å². The Kier molecular flexibility index (Phi) is 28.5. The summed E-state index contributed by atoms with van der Waals surface area (Å²) in [7, 11) is 3.43. The van der Waals surface area contributed by atoms with Crippen LogP contribution < -0.4 is 29.5 Å². The molecule has 6 atom stereocenters. The number of rotatable bonds is 17. The van der Waals surface area contributed by atoms with Crippen molar-refractivity contribution in [2.24, 2.45) is 22.7 Å². The average molecular weight is 927 g/mol. The van der Waals surface area contributed by atoms with Gasteiger partial charge in [-0.15, -0.1) is 0 Å². The maximum atomic E-state index is 13.7. The third kappa shape index (κ3) is 19.4. The zero-order chi connectivity index (χ0) is 49.6. The van der Waals surface area contributed by atoms with Gasteiger partial charge in [-0.25, -0.2) is 9.59 Å². The van der Waals surface area contributed by atoms with Crippen LogP contribution >= 0.6 is 0 Å². The Morgan fingerprint density at radius 1 is 0.652 bits per heavy atom. The zero-order valence-corrected chi connectivity index (χ0v) is 44.8. The number of carbonyl (C=O) groups excluding carboxylic acids is 5. The first-order valence-corrected chi connectivity index (χ1v) is 23.8. The van der Waals surface area contributed by atoms with Crippen molar-refractivity contribution in [3.63, 3.8) is 0 Å². The minimum atomic E-state index is -1.00. The Hall–Kier alpha value is -3.22. The van der Waals surface area contributed by atoms with Gasteiger partial charge in [0.1, 0.15) is 12.1 Å². The summed E-state index contributed by atoms with van der Waals surface area (Å²) in [6.07, 6.45) is 9.21. The number of carboxylic acid groups (broad SMARTS) is 1. The first kappa shape index (κ1) is 64.9. The van der Waals surface area contributed by atoms with Gasteiger partial charge in [-0.2, -0.15) is 0 Å². The summed E-state index contributed by atoms with van der Waals surface area (Å²) in [5.41, 5.74) is -0.295. The molecule has 2 saturated heterocycles. The number of nitrogens with one attached hydrogen (secondary N) is 2. The number of likely N-dealkylation sites (tertiary alicyclic amines) is 2. The molecular weight excluding hydrogens is 836 g/mol. The molecule has 2 aliphatic heterocycles. The molecule has 15 nitrogen and oxygen atoms in total.